The summed E-state index contributed by atoms with van der Waals surface area (Å²) in [6.07, 6.45) is 0. The van der Waals surface area contributed by atoms with Crippen LogP contribution >= 0.6 is 23.4 Å². The average Bonchev–Trinajstić information content (AvgIpc) is 3.05. The number of methoxy groups -OCH3 is 1. The lowest BCUT2D eigenvalue weighted by atomic mass is 10.3. The molecule has 0 radical (unpaired) electrons. The van der Waals surface area contributed by atoms with Gasteiger partial charge in [-0.3, -0.25) is 4.79 Å². The summed E-state index contributed by atoms with van der Waals surface area (Å²) >= 11 is 7.46. The fourth-order valence-electron chi connectivity index (χ4n) is 2.65. The Hall–Kier alpha value is -2.22. The molecule has 0 fully saturated rings. The topological polar surface area (TPSA) is 65.4 Å². The van der Waals surface area contributed by atoms with E-state index < -0.39 is 0 Å². The van der Waals surface area contributed by atoms with Gasteiger partial charge in [-0.15, -0.1) is 0 Å². The molecule has 0 spiro atoms. The number of carbonyl (C=O) groups excluding carboxylic acids is 1. The Labute approximate surface area is 173 Å². The number of thioether (sulfide) groups is 1. The van der Waals surface area contributed by atoms with E-state index >= 15 is 0 Å². The number of aromatic nitrogens is 2. The molecule has 1 heterocycles. The van der Waals surface area contributed by atoms with Crippen LogP contribution in [-0.4, -0.2) is 48.1 Å². The van der Waals surface area contributed by atoms with Crippen molar-refractivity contribution in [3.8, 4) is 5.75 Å². The standard InChI is InChI=1S/C20H22ClN3O3S/c1-26-12-10-24-18-8-7-15(21)13-17(18)23-20(24)28-14-19(25)22-9-11-27-16-5-3-2-4-6-16/h2-8,13H,9-12,14H2,1H3,(H,22,25). The van der Waals surface area contributed by atoms with E-state index in [9.17, 15) is 4.79 Å². The molecule has 28 heavy (non-hydrogen) atoms. The second-order valence-electron chi connectivity index (χ2n) is 5.97. The Kier molecular flexibility index (Phi) is 7.59. The van der Waals surface area contributed by atoms with Gasteiger partial charge in [0.1, 0.15) is 12.4 Å². The zero-order valence-corrected chi connectivity index (χ0v) is 17.1. The van der Waals surface area contributed by atoms with Gasteiger partial charge in [-0.05, 0) is 30.3 Å². The summed E-state index contributed by atoms with van der Waals surface area (Å²) in [5, 5.41) is 4.27. The molecule has 0 aliphatic heterocycles. The van der Waals surface area contributed by atoms with E-state index in [1.165, 1.54) is 11.8 Å². The number of rotatable bonds is 10. The molecule has 0 saturated heterocycles. The summed E-state index contributed by atoms with van der Waals surface area (Å²) in [5.74, 6) is 0.997. The van der Waals surface area contributed by atoms with Crippen molar-refractivity contribution in [3.63, 3.8) is 0 Å². The van der Waals surface area contributed by atoms with Crippen molar-refractivity contribution in [2.24, 2.45) is 0 Å². The number of hydrogen-bond donors (Lipinski definition) is 1. The molecule has 0 unspecified atom stereocenters. The van der Waals surface area contributed by atoms with Crippen LogP contribution in [0.5, 0.6) is 5.75 Å². The molecule has 2 aromatic carbocycles. The minimum absolute atomic E-state index is 0.0648. The number of nitrogens with one attached hydrogen (secondary N) is 1. The summed E-state index contributed by atoms with van der Waals surface area (Å²) < 4.78 is 12.8. The van der Waals surface area contributed by atoms with Crippen molar-refractivity contribution in [2.75, 3.05) is 32.6 Å². The van der Waals surface area contributed by atoms with Crippen LogP contribution in [0.15, 0.2) is 53.7 Å². The van der Waals surface area contributed by atoms with E-state index in [2.05, 4.69) is 10.3 Å². The number of carbonyl (C=O) groups is 1. The summed E-state index contributed by atoms with van der Waals surface area (Å²) in [5.41, 5.74) is 1.78. The van der Waals surface area contributed by atoms with Crippen LogP contribution in [0.3, 0.4) is 0 Å². The first-order chi connectivity index (χ1) is 13.7. The second kappa shape index (κ2) is 10.4. The number of nitrogens with zero attached hydrogens (tertiary/aromatic N) is 2. The van der Waals surface area contributed by atoms with Crippen molar-refractivity contribution in [1.82, 2.24) is 14.9 Å². The largest absolute Gasteiger partial charge is 0.492 e. The Morgan fingerprint density at radius 2 is 2.04 bits per heavy atom. The molecule has 3 rings (SSSR count). The molecule has 1 aromatic heterocycles. The van der Waals surface area contributed by atoms with Gasteiger partial charge in [0.05, 0.1) is 29.9 Å². The van der Waals surface area contributed by atoms with Crippen molar-refractivity contribution in [1.29, 1.82) is 0 Å². The first-order valence-corrected chi connectivity index (χ1v) is 10.3. The number of ether oxygens (including phenoxy) is 2. The summed E-state index contributed by atoms with van der Waals surface area (Å²) in [6, 6.07) is 15.1. The zero-order valence-electron chi connectivity index (χ0n) is 15.6. The number of para-hydroxylation sites is 1. The van der Waals surface area contributed by atoms with E-state index in [1.54, 1.807) is 7.11 Å². The molecule has 148 valence electrons. The summed E-state index contributed by atoms with van der Waals surface area (Å²) in [6.45, 7) is 2.09. The third-order valence-corrected chi connectivity index (χ3v) is 5.17. The summed E-state index contributed by atoms with van der Waals surface area (Å²) in [4.78, 5) is 16.8. The van der Waals surface area contributed by atoms with E-state index in [1.807, 2.05) is 53.1 Å². The number of amides is 1. The van der Waals surface area contributed by atoms with Crippen LogP contribution in [0.1, 0.15) is 0 Å². The monoisotopic (exact) mass is 419 g/mol. The Morgan fingerprint density at radius 3 is 2.82 bits per heavy atom. The van der Waals surface area contributed by atoms with Crippen molar-refractivity contribution in [2.45, 2.75) is 11.7 Å². The fraction of sp³-hybridized carbons (Fsp3) is 0.300. The van der Waals surface area contributed by atoms with Crippen molar-refractivity contribution in [3.05, 3.63) is 53.6 Å². The Bertz CT molecular complexity index is 918. The predicted octanol–water partition coefficient (Wildman–Crippen LogP) is 3.62. The number of halogens is 1. The third kappa shape index (κ3) is 5.64. The van der Waals surface area contributed by atoms with Gasteiger partial charge in [0.2, 0.25) is 5.91 Å². The SMILES string of the molecule is COCCn1c(SCC(=O)NCCOc2ccccc2)nc2cc(Cl)ccc21. The highest BCUT2D eigenvalue weighted by molar-refractivity contribution is 7.99. The number of hydrogen-bond acceptors (Lipinski definition) is 5. The molecular weight excluding hydrogens is 398 g/mol. The van der Waals surface area contributed by atoms with Gasteiger partial charge >= 0.3 is 0 Å². The molecule has 1 amide bonds. The van der Waals surface area contributed by atoms with Crippen LogP contribution in [-0.2, 0) is 16.1 Å². The van der Waals surface area contributed by atoms with Gasteiger partial charge < -0.3 is 19.4 Å². The normalized spacial score (nSPS) is 10.9. The molecule has 8 heteroatoms. The molecule has 0 atom stereocenters. The second-order valence-corrected chi connectivity index (χ2v) is 7.35. The van der Waals surface area contributed by atoms with Gasteiger partial charge in [0, 0.05) is 18.7 Å². The van der Waals surface area contributed by atoms with E-state index in [0.29, 0.717) is 31.3 Å². The van der Waals surface area contributed by atoms with Crippen LogP contribution in [0.25, 0.3) is 11.0 Å². The first-order valence-electron chi connectivity index (χ1n) is 8.89. The lowest BCUT2D eigenvalue weighted by Crippen LogP contribution is -2.29. The molecule has 0 aliphatic carbocycles. The van der Waals surface area contributed by atoms with Gasteiger partial charge in [0.25, 0.3) is 0 Å². The van der Waals surface area contributed by atoms with E-state index in [-0.39, 0.29) is 11.7 Å². The quantitative estimate of drug-likeness (QED) is 0.401. The summed E-state index contributed by atoms with van der Waals surface area (Å²) in [7, 11) is 1.66. The Balaban J connectivity index is 1.52. The Morgan fingerprint density at radius 1 is 1.21 bits per heavy atom. The minimum atomic E-state index is -0.0648. The fourth-order valence-corrected chi connectivity index (χ4v) is 3.68. The molecular formula is C20H22ClN3O3S. The van der Waals surface area contributed by atoms with Crippen molar-refractivity contribution >= 4 is 40.3 Å². The molecule has 3 aromatic rings. The lowest BCUT2D eigenvalue weighted by Gasteiger charge is -2.09. The zero-order chi connectivity index (χ0) is 19.8. The van der Waals surface area contributed by atoms with Gasteiger partial charge in [-0.25, -0.2) is 4.98 Å². The number of benzene rings is 2. The van der Waals surface area contributed by atoms with Crippen LogP contribution < -0.4 is 10.1 Å². The van der Waals surface area contributed by atoms with E-state index in [4.69, 9.17) is 21.1 Å². The molecule has 1 N–H and O–H groups in total. The molecule has 0 aliphatic rings. The predicted molar refractivity (Wildman–Crippen MR) is 112 cm³/mol. The lowest BCUT2D eigenvalue weighted by molar-refractivity contribution is -0.118. The smallest absolute Gasteiger partial charge is 0.230 e. The highest BCUT2D eigenvalue weighted by atomic mass is 35.5. The number of imidazole rings is 1. The maximum atomic E-state index is 12.2. The highest BCUT2D eigenvalue weighted by Crippen LogP contribution is 2.26. The van der Waals surface area contributed by atoms with Crippen LogP contribution in [0, 0.1) is 0 Å². The first kappa shape index (κ1) is 20.5. The van der Waals surface area contributed by atoms with Crippen LogP contribution in [0.4, 0.5) is 0 Å². The average molecular weight is 420 g/mol. The third-order valence-electron chi connectivity index (χ3n) is 3.96. The molecule has 0 bridgehead atoms. The van der Waals surface area contributed by atoms with Gasteiger partial charge in [-0.1, -0.05) is 41.6 Å². The molecule has 6 nitrogen and oxygen atoms in total. The van der Waals surface area contributed by atoms with Gasteiger partial charge in [0.15, 0.2) is 5.16 Å². The maximum Gasteiger partial charge on any atom is 0.230 e. The maximum absolute atomic E-state index is 12.2. The number of fused-ring (bicyclic) bond motifs is 1. The minimum Gasteiger partial charge on any atom is -0.492 e. The highest BCUT2D eigenvalue weighted by Gasteiger charge is 2.13. The van der Waals surface area contributed by atoms with Crippen LogP contribution in [0.2, 0.25) is 5.02 Å². The van der Waals surface area contributed by atoms with Gasteiger partial charge in [-0.2, -0.15) is 0 Å². The van der Waals surface area contributed by atoms with Crippen molar-refractivity contribution < 1.29 is 14.3 Å². The van der Waals surface area contributed by atoms with E-state index in [0.717, 1.165) is 21.9 Å². The molecule has 0 saturated carbocycles.